The molecule has 7 nitrogen and oxygen atoms in total. The fourth-order valence-corrected chi connectivity index (χ4v) is 3.21. The Bertz CT molecular complexity index is 866. The topological polar surface area (TPSA) is 78.9 Å². The number of methoxy groups -OCH3 is 1. The van der Waals surface area contributed by atoms with E-state index in [2.05, 4.69) is 20.3 Å². The van der Waals surface area contributed by atoms with Gasteiger partial charge in [0.1, 0.15) is 12.1 Å². The maximum Gasteiger partial charge on any atom is 0.240 e. The van der Waals surface area contributed by atoms with Gasteiger partial charge in [-0.25, -0.2) is 4.39 Å². The number of hydrogen-bond acceptors (Lipinski definition) is 7. The highest BCUT2D eigenvalue weighted by molar-refractivity contribution is 7.99. The van der Waals surface area contributed by atoms with Crippen LogP contribution in [0.25, 0.3) is 11.4 Å². The van der Waals surface area contributed by atoms with Crippen LogP contribution in [0.15, 0.2) is 34.2 Å². The molecule has 1 aromatic carbocycles. The number of halogens is 1. The Morgan fingerprint density at radius 3 is 3.00 bits per heavy atom. The molecule has 0 aliphatic rings. The van der Waals surface area contributed by atoms with Crippen LogP contribution in [0.1, 0.15) is 30.0 Å². The van der Waals surface area contributed by atoms with E-state index in [9.17, 15) is 4.39 Å². The predicted molar refractivity (Wildman–Crippen MR) is 95.2 cm³/mol. The molecule has 1 atom stereocenters. The zero-order valence-corrected chi connectivity index (χ0v) is 15.7. The zero-order chi connectivity index (χ0) is 18.5. The van der Waals surface area contributed by atoms with Gasteiger partial charge in [0.2, 0.25) is 11.7 Å². The largest absolute Gasteiger partial charge is 0.385 e. The van der Waals surface area contributed by atoms with Gasteiger partial charge < -0.3 is 13.8 Å². The van der Waals surface area contributed by atoms with Gasteiger partial charge in [-0.05, 0) is 31.9 Å². The maximum absolute atomic E-state index is 13.7. The van der Waals surface area contributed by atoms with Crippen LogP contribution in [0.4, 0.5) is 4.39 Å². The van der Waals surface area contributed by atoms with Gasteiger partial charge in [0, 0.05) is 25.8 Å². The molecule has 0 saturated heterocycles. The van der Waals surface area contributed by atoms with Gasteiger partial charge in [0.25, 0.3) is 0 Å². The summed E-state index contributed by atoms with van der Waals surface area (Å²) in [6.45, 7) is 5.11. The van der Waals surface area contributed by atoms with E-state index in [4.69, 9.17) is 9.26 Å². The van der Waals surface area contributed by atoms with E-state index < -0.39 is 0 Å². The Labute approximate surface area is 155 Å². The molecule has 0 aliphatic carbocycles. The minimum atomic E-state index is -0.291. The van der Waals surface area contributed by atoms with E-state index in [1.807, 2.05) is 11.5 Å². The van der Waals surface area contributed by atoms with Crippen molar-refractivity contribution in [3.05, 3.63) is 41.8 Å². The first-order valence-corrected chi connectivity index (χ1v) is 9.10. The summed E-state index contributed by atoms with van der Waals surface area (Å²) < 4.78 is 26.1. The van der Waals surface area contributed by atoms with Gasteiger partial charge in [0.05, 0.1) is 5.25 Å². The average Bonchev–Trinajstić information content (AvgIpc) is 3.27. The van der Waals surface area contributed by atoms with Gasteiger partial charge >= 0.3 is 0 Å². The molecule has 0 saturated carbocycles. The molecule has 3 aromatic rings. The lowest BCUT2D eigenvalue weighted by Crippen LogP contribution is -2.03. The molecule has 2 heterocycles. The van der Waals surface area contributed by atoms with Crippen molar-refractivity contribution in [2.75, 3.05) is 13.7 Å². The molecule has 0 bridgehead atoms. The van der Waals surface area contributed by atoms with Crippen molar-refractivity contribution in [1.82, 2.24) is 24.9 Å². The van der Waals surface area contributed by atoms with Crippen molar-refractivity contribution in [3.63, 3.8) is 0 Å². The molecule has 138 valence electrons. The first-order valence-electron chi connectivity index (χ1n) is 8.22. The number of aromatic nitrogens is 5. The van der Waals surface area contributed by atoms with E-state index in [0.717, 1.165) is 18.1 Å². The number of aryl methyl sites for hydroxylation is 2. The summed E-state index contributed by atoms with van der Waals surface area (Å²) in [7, 11) is 1.68. The summed E-state index contributed by atoms with van der Waals surface area (Å²) in [5, 5.41) is 12.7. The summed E-state index contributed by atoms with van der Waals surface area (Å²) >= 11 is 1.48. The van der Waals surface area contributed by atoms with E-state index >= 15 is 0 Å². The smallest absolute Gasteiger partial charge is 0.240 e. The zero-order valence-electron chi connectivity index (χ0n) is 14.8. The molecule has 0 fully saturated rings. The molecule has 1 unspecified atom stereocenters. The van der Waals surface area contributed by atoms with Crippen molar-refractivity contribution in [3.8, 4) is 11.4 Å². The quantitative estimate of drug-likeness (QED) is 0.438. The predicted octanol–water partition coefficient (Wildman–Crippen LogP) is 3.67. The fourth-order valence-electron chi connectivity index (χ4n) is 2.33. The van der Waals surface area contributed by atoms with Crippen molar-refractivity contribution in [1.29, 1.82) is 0 Å². The lowest BCUT2D eigenvalue weighted by atomic mass is 10.1. The molecular weight excluding hydrogens is 357 g/mol. The molecule has 2 aromatic heterocycles. The Morgan fingerprint density at radius 1 is 1.38 bits per heavy atom. The third-order valence-corrected chi connectivity index (χ3v) is 4.91. The molecule has 0 amide bonds. The lowest BCUT2D eigenvalue weighted by molar-refractivity contribution is 0.189. The molecule has 0 radical (unpaired) electrons. The number of nitrogens with zero attached hydrogens (tertiary/aromatic N) is 5. The minimum Gasteiger partial charge on any atom is -0.385 e. The van der Waals surface area contributed by atoms with E-state index in [0.29, 0.717) is 29.4 Å². The Kier molecular flexibility index (Phi) is 6.00. The van der Waals surface area contributed by atoms with Gasteiger partial charge in [-0.2, -0.15) is 4.98 Å². The van der Waals surface area contributed by atoms with E-state index in [-0.39, 0.29) is 11.1 Å². The number of hydrogen-bond donors (Lipinski definition) is 0. The Hall–Kier alpha value is -2.26. The van der Waals surface area contributed by atoms with Crippen LogP contribution in [0.2, 0.25) is 0 Å². The lowest BCUT2D eigenvalue weighted by Gasteiger charge is -2.08. The van der Waals surface area contributed by atoms with Gasteiger partial charge in [0.15, 0.2) is 5.16 Å². The second-order valence-corrected chi connectivity index (χ2v) is 7.14. The monoisotopic (exact) mass is 377 g/mol. The van der Waals surface area contributed by atoms with Crippen LogP contribution in [0.5, 0.6) is 0 Å². The second-order valence-electron chi connectivity index (χ2n) is 5.83. The van der Waals surface area contributed by atoms with Crippen LogP contribution in [-0.2, 0) is 11.3 Å². The van der Waals surface area contributed by atoms with Crippen LogP contribution in [-0.4, -0.2) is 38.6 Å². The van der Waals surface area contributed by atoms with E-state index in [1.54, 1.807) is 32.5 Å². The first kappa shape index (κ1) is 18.5. The molecule has 0 aliphatic heterocycles. The third kappa shape index (κ3) is 4.28. The number of benzene rings is 1. The summed E-state index contributed by atoms with van der Waals surface area (Å²) in [4.78, 5) is 4.39. The average molecular weight is 377 g/mol. The molecule has 3 rings (SSSR count). The van der Waals surface area contributed by atoms with Crippen LogP contribution in [0, 0.1) is 12.7 Å². The normalized spacial score (nSPS) is 12.5. The van der Waals surface area contributed by atoms with Gasteiger partial charge in [-0.1, -0.05) is 29.1 Å². The van der Waals surface area contributed by atoms with Crippen molar-refractivity contribution < 1.29 is 13.7 Å². The molecule has 0 spiro atoms. The van der Waals surface area contributed by atoms with Crippen LogP contribution >= 0.6 is 11.8 Å². The molecule has 26 heavy (non-hydrogen) atoms. The first-order chi connectivity index (χ1) is 12.6. The van der Waals surface area contributed by atoms with Gasteiger partial charge in [-0.15, -0.1) is 10.2 Å². The standard InChI is InChI=1S/C17H20FN5O2S/c1-11-5-6-13(9-14(11)18)15-20-16(25-22-15)12(2)26-17-21-19-10-23(17)7-4-8-24-3/h5-6,9-10,12H,4,7-8H2,1-3H3. The number of rotatable bonds is 8. The van der Waals surface area contributed by atoms with Crippen molar-refractivity contribution in [2.45, 2.75) is 37.2 Å². The molecule has 9 heteroatoms. The van der Waals surface area contributed by atoms with Crippen LogP contribution < -0.4 is 0 Å². The summed E-state index contributed by atoms with van der Waals surface area (Å²) in [5.41, 5.74) is 1.16. The third-order valence-electron chi connectivity index (χ3n) is 3.83. The summed E-state index contributed by atoms with van der Waals surface area (Å²) in [5.74, 6) is 0.533. The van der Waals surface area contributed by atoms with Crippen LogP contribution in [0.3, 0.4) is 0 Å². The molecular formula is C17H20FN5O2S. The summed E-state index contributed by atoms with van der Waals surface area (Å²) in [6.07, 6.45) is 2.57. The fraction of sp³-hybridized carbons (Fsp3) is 0.412. The SMILES string of the molecule is COCCCn1cnnc1SC(C)c1nc(-c2ccc(C)c(F)c2)no1. The molecule has 0 N–H and O–H groups in total. The Morgan fingerprint density at radius 2 is 2.23 bits per heavy atom. The number of thioether (sulfide) groups is 1. The summed E-state index contributed by atoms with van der Waals surface area (Å²) in [6, 6.07) is 4.88. The van der Waals surface area contributed by atoms with Gasteiger partial charge in [-0.3, -0.25) is 0 Å². The minimum absolute atomic E-state index is 0.114. The van der Waals surface area contributed by atoms with E-state index in [1.165, 1.54) is 17.8 Å². The van der Waals surface area contributed by atoms with Crippen molar-refractivity contribution >= 4 is 11.8 Å². The highest BCUT2D eigenvalue weighted by atomic mass is 32.2. The highest BCUT2D eigenvalue weighted by Crippen LogP contribution is 2.33. The Balaban J connectivity index is 1.69. The van der Waals surface area contributed by atoms with Crippen molar-refractivity contribution in [2.24, 2.45) is 0 Å². The highest BCUT2D eigenvalue weighted by Gasteiger charge is 2.19. The second kappa shape index (κ2) is 8.41. The number of ether oxygens (including phenoxy) is 1. The maximum atomic E-state index is 13.7.